The van der Waals surface area contributed by atoms with Crippen LogP contribution in [0.4, 0.5) is 0 Å². The topological polar surface area (TPSA) is 77.8 Å². The Morgan fingerprint density at radius 3 is 2.54 bits per heavy atom. The minimum Gasteiger partial charge on any atom is -0.423 e. The number of benzene rings is 1. The second kappa shape index (κ2) is 4.18. The van der Waals surface area contributed by atoms with Gasteiger partial charge in [0.25, 0.3) is 0 Å². The first-order valence-electron chi connectivity index (χ1n) is 3.74. The van der Waals surface area contributed by atoms with Gasteiger partial charge in [-0.05, 0) is 11.0 Å². The lowest BCUT2D eigenvalue weighted by Gasteiger charge is -2.04. The van der Waals surface area contributed by atoms with Crippen molar-refractivity contribution in [2.24, 2.45) is 0 Å². The summed E-state index contributed by atoms with van der Waals surface area (Å²) >= 11 is 0. The summed E-state index contributed by atoms with van der Waals surface area (Å²) in [5.74, 6) is 0. The van der Waals surface area contributed by atoms with E-state index in [2.05, 4.69) is 0 Å². The molecule has 4 nitrogen and oxygen atoms in total. The van der Waals surface area contributed by atoms with E-state index in [1.807, 2.05) is 0 Å². The summed E-state index contributed by atoms with van der Waals surface area (Å²) in [6.45, 7) is -0.240. The molecule has 0 saturated carbocycles. The molecule has 3 N–H and O–H groups in total. The van der Waals surface area contributed by atoms with Crippen molar-refractivity contribution >= 4 is 18.9 Å². The zero-order valence-electron chi connectivity index (χ0n) is 6.84. The van der Waals surface area contributed by atoms with Crippen LogP contribution in [0.3, 0.4) is 0 Å². The summed E-state index contributed by atoms with van der Waals surface area (Å²) in [5.41, 5.74) is 0.979. The highest BCUT2D eigenvalue weighted by Crippen LogP contribution is 2.04. The maximum atomic E-state index is 10.5. The predicted molar refractivity (Wildman–Crippen MR) is 47.6 cm³/mol. The zero-order valence-corrected chi connectivity index (χ0v) is 6.84. The number of aldehydes is 1. The molecule has 0 aliphatic heterocycles. The first kappa shape index (κ1) is 9.92. The lowest BCUT2D eigenvalue weighted by Crippen LogP contribution is -2.30. The smallest absolute Gasteiger partial charge is 0.423 e. The van der Waals surface area contributed by atoms with Gasteiger partial charge in [0.2, 0.25) is 0 Å². The van der Waals surface area contributed by atoms with Gasteiger partial charge in [0.1, 0.15) is 6.29 Å². The van der Waals surface area contributed by atoms with Gasteiger partial charge >= 0.3 is 7.12 Å². The number of rotatable bonds is 3. The maximum absolute atomic E-state index is 10.5. The summed E-state index contributed by atoms with van der Waals surface area (Å²) in [6, 6.07) is 4.27. The highest BCUT2D eigenvalue weighted by atomic mass is 16.4. The van der Waals surface area contributed by atoms with E-state index in [9.17, 15) is 4.79 Å². The molecular formula is C8H9BO4. The average Bonchev–Trinajstić information content (AvgIpc) is 2.16. The Morgan fingerprint density at radius 1 is 1.38 bits per heavy atom. The van der Waals surface area contributed by atoms with Crippen LogP contribution >= 0.6 is 0 Å². The monoisotopic (exact) mass is 180 g/mol. The van der Waals surface area contributed by atoms with Crippen LogP contribution < -0.4 is 5.46 Å². The first-order valence-corrected chi connectivity index (χ1v) is 3.74. The fourth-order valence-corrected chi connectivity index (χ4v) is 1.03. The van der Waals surface area contributed by atoms with Crippen LogP contribution in [0.25, 0.3) is 0 Å². The van der Waals surface area contributed by atoms with Gasteiger partial charge < -0.3 is 15.2 Å². The Kier molecular flexibility index (Phi) is 3.19. The second-order valence-electron chi connectivity index (χ2n) is 2.61. The first-order chi connectivity index (χ1) is 6.19. The lowest BCUT2D eigenvalue weighted by molar-refractivity contribution is 0.112. The average molecular weight is 180 g/mol. The molecule has 0 fully saturated rings. The van der Waals surface area contributed by atoms with Gasteiger partial charge in [-0.15, -0.1) is 0 Å². The molecule has 0 spiro atoms. The highest BCUT2D eigenvalue weighted by Gasteiger charge is 2.12. The van der Waals surface area contributed by atoms with E-state index in [4.69, 9.17) is 15.2 Å². The molecule has 1 aromatic rings. The molecule has 0 aliphatic rings. The van der Waals surface area contributed by atoms with Crippen LogP contribution in [-0.2, 0) is 6.61 Å². The molecule has 0 saturated heterocycles. The van der Waals surface area contributed by atoms with Crippen LogP contribution in [0.5, 0.6) is 0 Å². The molecule has 0 radical (unpaired) electrons. The summed E-state index contributed by atoms with van der Waals surface area (Å²) < 4.78 is 0. The summed E-state index contributed by atoms with van der Waals surface area (Å²) in [5, 5.41) is 26.4. The second-order valence-corrected chi connectivity index (χ2v) is 2.61. The van der Waals surface area contributed by atoms with Gasteiger partial charge in [-0.25, -0.2) is 0 Å². The molecule has 68 valence electrons. The van der Waals surface area contributed by atoms with Crippen molar-refractivity contribution < 1.29 is 19.9 Å². The molecule has 0 bridgehead atoms. The minimum atomic E-state index is -1.59. The third-order valence-electron chi connectivity index (χ3n) is 1.77. The molecule has 1 rings (SSSR count). The van der Waals surface area contributed by atoms with Crippen LogP contribution in [0, 0.1) is 0 Å². The quantitative estimate of drug-likeness (QED) is 0.397. The Balaban J connectivity index is 3.13. The van der Waals surface area contributed by atoms with Crippen LogP contribution in [-0.4, -0.2) is 28.6 Å². The summed E-state index contributed by atoms with van der Waals surface area (Å²) in [4.78, 5) is 10.5. The van der Waals surface area contributed by atoms with Crippen molar-refractivity contribution in [1.29, 1.82) is 0 Å². The Bertz CT molecular complexity index is 311. The van der Waals surface area contributed by atoms with Crippen LogP contribution in [0.1, 0.15) is 15.9 Å². The zero-order chi connectivity index (χ0) is 9.84. The molecule has 0 unspecified atom stereocenters. The summed E-state index contributed by atoms with van der Waals surface area (Å²) in [6.07, 6.45) is 0.567. The molecule has 0 amide bonds. The molecule has 0 aliphatic carbocycles. The van der Waals surface area contributed by atoms with E-state index in [1.165, 1.54) is 18.2 Å². The van der Waals surface area contributed by atoms with E-state index >= 15 is 0 Å². The largest absolute Gasteiger partial charge is 0.488 e. The number of carbonyl (C=O) groups excluding carboxylic acids is 1. The van der Waals surface area contributed by atoms with Crippen LogP contribution in [0.15, 0.2) is 18.2 Å². The van der Waals surface area contributed by atoms with Crippen molar-refractivity contribution in [2.45, 2.75) is 6.61 Å². The van der Waals surface area contributed by atoms with E-state index in [0.29, 0.717) is 11.8 Å². The van der Waals surface area contributed by atoms with E-state index in [-0.39, 0.29) is 17.6 Å². The summed E-state index contributed by atoms with van der Waals surface area (Å²) in [7, 11) is -1.59. The number of aliphatic hydroxyl groups excluding tert-OH is 1. The fraction of sp³-hybridized carbons (Fsp3) is 0.125. The number of hydrogen-bond acceptors (Lipinski definition) is 4. The van der Waals surface area contributed by atoms with Gasteiger partial charge in [0, 0.05) is 5.56 Å². The van der Waals surface area contributed by atoms with Gasteiger partial charge in [-0.3, -0.25) is 4.79 Å². The van der Waals surface area contributed by atoms with Crippen LogP contribution in [0.2, 0.25) is 0 Å². The SMILES string of the molecule is O=Cc1cc(B(O)O)ccc1CO. The maximum Gasteiger partial charge on any atom is 0.488 e. The Labute approximate surface area is 75.6 Å². The Hall–Kier alpha value is -1.17. The highest BCUT2D eigenvalue weighted by molar-refractivity contribution is 6.58. The molecule has 1 aromatic carbocycles. The molecule has 5 heteroatoms. The normalized spacial score (nSPS) is 9.77. The van der Waals surface area contributed by atoms with Crippen molar-refractivity contribution in [3.05, 3.63) is 29.3 Å². The third-order valence-corrected chi connectivity index (χ3v) is 1.77. The van der Waals surface area contributed by atoms with Crippen molar-refractivity contribution in [2.75, 3.05) is 0 Å². The van der Waals surface area contributed by atoms with Crippen molar-refractivity contribution in [3.8, 4) is 0 Å². The Morgan fingerprint density at radius 2 is 2.08 bits per heavy atom. The van der Waals surface area contributed by atoms with E-state index in [0.717, 1.165) is 0 Å². The van der Waals surface area contributed by atoms with E-state index < -0.39 is 7.12 Å². The van der Waals surface area contributed by atoms with Crippen molar-refractivity contribution in [3.63, 3.8) is 0 Å². The predicted octanol–water partition coefficient (Wildman–Crippen LogP) is -1.33. The van der Waals surface area contributed by atoms with Crippen molar-refractivity contribution in [1.82, 2.24) is 0 Å². The number of aliphatic hydroxyl groups is 1. The van der Waals surface area contributed by atoms with Gasteiger partial charge in [-0.2, -0.15) is 0 Å². The fourth-order valence-electron chi connectivity index (χ4n) is 1.03. The van der Waals surface area contributed by atoms with Gasteiger partial charge in [-0.1, -0.05) is 18.2 Å². The van der Waals surface area contributed by atoms with Gasteiger partial charge in [0.15, 0.2) is 0 Å². The molecule has 0 aromatic heterocycles. The molecule has 13 heavy (non-hydrogen) atoms. The molecular weight excluding hydrogens is 171 g/mol. The number of carbonyl (C=O) groups is 1. The minimum absolute atomic E-state index is 0.235. The molecule has 0 heterocycles. The van der Waals surface area contributed by atoms with Gasteiger partial charge in [0.05, 0.1) is 6.61 Å². The molecule has 0 atom stereocenters. The standard InChI is InChI=1S/C8H9BO4/c10-4-6-1-2-8(9(12)13)3-7(6)5-11/h1-3,5,10,12-13H,4H2. The third kappa shape index (κ3) is 2.15. The number of hydrogen-bond donors (Lipinski definition) is 3. The van der Waals surface area contributed by atoms with E-state index in [1.54, 1.807) is 0 Å². The lowest BCUT2D eigenvalue weighted by atomic mass is 9.79.